The van der Waals surface area contributed by atoms with Crippen LogP contribution in [0.25, 0.3) is 28.3 Å². The monoisotopic (exact) mass is 426 g/mol. The Kier molecular flexibility index (Phi) is 5.81. The number of nitrogens with zero attached hydrogens (tertiary/aromatic N) is 2. The van der Waals surface area contributed by atoms with E-state index in [0.717, 1.165) is 16.5 Å². The van der Waals surface area contributed by atoms with Gasteiger partial charge in [0, 0.05) is 47.4 Å². The number of H-pyrrole nitrogens is 1. The second kappa shape index (κ2) is 9.02. The lowest BCUT2D eigenvalue weighted by atomic mass is 10.1. The quantitative estimate of drug-likeness (QED) is 0.193. The second-order valence-electron chi connectivity index (χ2n) is 7.04. The number of fused-ring (bicyclic) bond motifs is 1. The molecule has 2 aromatic carbocycles. The Morgan fingerprint density at radius 2 is 1.94 bits per heavy atom. The Morgan fingerprint density at radius 3 is 2.69 bits per heavy atom. The molecule has 0 radical (unpaired) electrons. The second-order valence-corrected chi connectivity index (χ2v) is 7.04. The number of nitrogens with one attached hydrogen (secondary N) is 2. The number of hydrogen-bond acceptors (Lipinski definition) is 5. The molecule has 158 valence electrons. The van der Waals surface area contributed by atoms with E-state index in [0.29, 0.717) is 30.0 Å². The van der Waals surface area contributed by atoms with Crippen molar-refractivity contribution in [1.29, 1.82) is 5.26 Å². The van der Waals surface area contributed by atoms with E-state index in [1.165, 1.54) is 18.2 Å². The molecule has 4 aromatic rings. The lowest BCUT2D eigenvalue weighted by molar-refractivity contribution is -0.384. The first-order valence-corrected chi connectivity index (χ1v) is 9.85. The van der Waals surface area contributed by atoms with Gasteiger partial charge in [0.2, 0.25) is 0 Å². The van der Waals surface area contributed by atoms with Gasteiger partial charge < -0.3 is 14.7 Å². The Bertz CT molecular complexity index is 1360. The fourth-order valence-electron chi connectivity index (χ4n) is 3.37. The third-order valence-corrected chi connectivity index (χ3v) is 5.00. The SMILES string of the molecule is N#CC(=Cc1ccc(-c2ccc([N+](=O)[O-])cc2)o1)C(=O)NCCc1c[nH]c2ccccc12. The number of para-hydroxylation sites is 1. The average molecular weight is 426 g/mol. The van der Waals surface area contributed by atoms with Gasteiger partial charge in [-0.15, -0.1) is 0 Å². The van der Waals surface area contributed by atoms with Crippen molar-refractivity contribution in [3.63, 3.8) is 0 Å². The summed E-state index contributed by atoms with van der Waals surface area (Å²) in [5.41, 5.74) is 2.68. The van der Waals surface area contributed by atoms with Gasteiger partial charge in [-0.25, -0.2) is 0 Å². The molecule has 2 aromatic heterocycles. The van der Waals surface area contributed by atoms with E-state index < -0.39 is 10.8 Å². The Morgan fingerprint density at radius 1 is 1.16 bits per heavy atom. The van der Waals surface area contributed by atoms with E-state index in [-0.39, 0.29) is 11.3 Å². The molecule has 0 saturated carbocycles. The fourth-order valence-corrected chi connectivity index (χ4v) is 3.37. The summed E-state index contributed by atoms with van der Waals surface area (Å²) in [6.07, 6.45) is 3.91. The predicted octanol–water partition coefficient (Wildman–Crippen LogP) is 4.60. The molecule has 2 heterocycles. The zero-order valence-electron chi connectivity index (χ0n) is 16.9. The number of rotatable bonds is 7. The maximum Gasteiger partial charge on any atom is 0.269 e. The van der Waals surface area contributed by atoms with Gasteiger partial charge in [-0.3, -0.25) is 14.9 Å². The molecule has 32 heavy (non-hydrogen) atoms. The topological polar surface area (TPSA) is 125 Å². The first-order chi connectivity index (χ1) is 15.5. The van der Waals surface area contributed by atoms with Gasteiger partial charge in [0.05, 0.1) is 4.92 Å². The van der Waals surface area contributed by atoms with Gasteiger partial charge in [-0.1, -0.05) is 18.2 Å². The number of benzene rings is 2. The Balaban J connectivity index is 1.40. The van der Waals surface area contributed by atoms with E-state index in [1.807, 2.05) is 36.5 Å². The number of non-ortho nitro benzene ring substituents is 1. The number of amides is 1. The van der Waals surface area contributed by atoms with E-state index in [4.69, 9.17) is 4.42 Å². The van der Waals surface area contributed by atoms with Crippen molar-refractivity contribution in [2.45, 2.75) is 6.42 Å². The lowest BCUT2D eigenvalue weighted by Crippen LogP contribution is -2.26. The molecule has 1 amide bonds. The standard InChI is InChI=1S/C24H18N4O4/c25-14-18(24(29)26-12-11-17-15-27-22-4-2-1-3-21(17)22)13-20-9-10-23(32-20)16-5-7-19(8-6-16)28(30)31/h1-10,13,15,27H,11-12H2,(H,26,29). The van der Waals surface area contributed by atoms with Gasteiger partial charge in [0.1, 0.15) is 23.2 Å². The van der Waals surface area contributed by atoms with Crippen molar-refractivity contribution in [2.24, 2.45) is 0 Å². The van der Waals surface area contributed by atoms with Crippen molar-refractivity contribution in [2.75, 3.05) is 6.54 Å². The molecule has 0 aliphatic rings. The van der Waals surface area contributed by atoms with Crippen molar-refractivity contribution in [3.8, 4) is 17.4 Å². The third-order valence-electron chi connectivity index (χ3n) is 5.00. The van der Waals surface area contributed by atoms with E-state index >= 15 is 0 Å². The predicted molar refractivity (Wildman–Crippen MR) is 119 cm³/mol. The molecule has 8 heteroatoms. The van der Waals surface area contributed by atoms with Crippen LogP contribution < -0.4 is 5.32 Å². The van der Waals surface area contributed by atoms with Crippen LogP contribution in [0.4, 0.5) is 5.69 Å². The summed E-state index contributed by atoms with van der Waals surface area (Å²) < 4.78 is 5.68. The van der Waals surface area contributed by atoms with Crippen LogP contribution in [0.1, 0.15) is 11.3 Å². The first-order valence-electron chi connectivity index (χ1n) is 9.85. The molecule has 0 spiro atoms. The molecule has 0 unspecified atom stereocenters. The highest BCUT2D eigenvalue weighted by Gasteiger charge is 2.12. The van der Waals surface area contributed by atoms with Gasteiger partial charge >= 0.3 is 0 Å². The molecule has 0 aliphatic heterocycles. The Labute approximate surface area is 182 Å². The van der Waals surface area contributed by atoms with Crippen LogP contribution in [0, 0.1) is 21.4 Å². The molecule has 2 N–H and O–H groups in total. The molecule has 8 nitrogen and oxygen atoms in total. The van der Waals surface area contributed by atoms with Crippen LogP contribution >= 0.6 is 0 Å². The van der Waals surface area contributed by atoms with Gasteiger partial charge in [-0.2, -0.15) is 5.26 Å². The number of nitro benzene ring substituents is 1. The number of nitro groups is 1. The first kappa shape index (κ1) is 20.6. The van der Waals surface area contributed by atoms with Crippen LogP contribution in [0.15, 0.2) is 76.9 Å². The minimum absolute atomic E-state index is 0.0171. The molecular weight excluding hydrogens is 408 g/mol. The summed E-state index contributed by atoms with van der Waals surface area (Å²) in [6, 6.07) is 19.1. The van der Waals surface area contributed by atoms with E-state index in [2.05, 4.69) is 10.3 Å². The smallest absolute Gasteiger partial charge is 0.269 e. The minimum atomic E-state index is -0.486. The highest BCUT2D eigenvalue weighted by atomic mass is 16.6. The summed E-state index contributed by atoms with van der Waals surface area (Å²) >= 11 is 0. The summed E-state index contributed by atoms with van der Waals surface area (Å²) in [4.78, 5) is 25.9. The van der Waals surface area contributed by atoms with Crippen molar-refractivity contribution < 1.29 is 14.1 Å². The number of hydrogen-bond donors (Lipinski definition) is 2. The van der Waals surface area contributed by atoms with Crippen LogP contribution in [0.3, 0.4) is 0 Å². The lowest BCUT2D eigenvalue weighted by Gasteiger charge is -2.03. The van der Waals surface area contributed by atoms with E-state index in [1.54, 1.807) is 24.3 Å². The highest BCUT2D eigenvalue weighted by molar-refractivity contribution is 6.01. The summed E-state index contributed by atoms with van der Waals surface area (Å²) in [7, 11) is 0. The van der Waals surface area contributed by atoms with Gasteiger partial charge in [-0.05, 0) is 42.3 Å². The van der Waals surface area contributed by atoms with Crippen molar-refractivity contribution >= 4 is 28.6 Å². The number of furan rings is 1. The van der Waals surface area contributed by atoms with Crippen LogP contribution in [-0.2, 0) is 11.2 Å². The summed E-state index contributed by atoms with van der Waals surface area (Å²) in [6.45, 7) is 0.381. The van der Waals surface area contributed by atoms with Crippen molar-refractivity contribution in [1.82, 2.24) is 10.3 Å². The summed E-state index contributed by atoms with van der Waals surface area (Å²) in [5.74, 6) is 0.325. The fraction of sp³-hybridized carbons (Fsp3) is 0.0833. The number of nitriles is 1. The number of aromatic amines is 1. The zero-order valence-corrected chi connectivity index (χ0v) is 16.9. The molecule has 0 atom stereocenters. The van der Waals surface area contributed by atoms with Gasteiger partial charge in [0.25, 0.3) is 11.6 Å². The zero-order chi connectivity index (χ0) is 22.5. The third kappa shape index (κ3) is 4.42. The van der Waals surface area contributed by atoms with Crippen LogP contribution in [-0.4, -0.2) is 22.4 Å². The highest BCUT2D eigenvalue weighted by Crippen LogP contribution is 2.25. The average Bonchev–Trinajstić information content (AvgIpc) is 3.45. The maximum absolute atomic E-state index is 12.4. The summed E-state index contributed by atoms with van der Waals surface area (Å²) in [5, 5.41) is 24.0. The number of aromatic nitrogens is 1. The molecule has 0 fully saturated rings. The molecule has 0 saturated heterocycles. The van der Waals surface area contributed by atoms with E-state index in [9.17, 15) is 20.2 Å². The largest absolute Gasteiger partial charge is 0.457 e. The molecule has 4 rings (SSSR count). The number of carbonyl (C=O) groups excluding carboxylic acids is 1. The Hall–Kier alpha value is -4.64. The minimum Gasteiger partial charge on any atom is -0.457 e. The van der Waals surface area contributed by atoms with Crippen LogP contribution in [0.5, 0.6) is 0 Å². The molecule has 0 bridgehead atoms. The van der Waals surface area contributed by atoms with Crippen LogP contribution in [0.2, 0.25) is 0 Å². The number of carbonyl (C=O) groups is 1. The maximum atomic E-state index is 12.4. The van der Waals surface area contributed by atoms with Gasteiger partial charge in [0.15, 0.2) is 0 Å². The molecule has 0 aliphatic carbocycles. The molecular formula is C24H18N4O4. The normalized spacial score (nSPS) is 11.3. The van der Waals surface area contributed by atoms with Crippen molar-refractivity contribution in [3.05, 3.63) is 93.9 Å².